The number of nitrogens with zero attached hydrogens (tertiary/aromatic N) is 1. The molecule has 5 nitrogen and oxygen atoms in total. The van der Waals surface area contributed by atoms with Gasteiger partial charge in [-0.05, 0) is 48.2 Å². The molecule has 0 unspecified atom stereocenters. The Kier molecular flexibility index (Phi) is 4.93. The normalized spacial score (nSPS) is 12.0. The Morgan fingerprint density at radius 1 is 1.41 bits per heavy atom. The predicted octanol–water partition coefficient (Wildman–Crippen LogP) is 0.995. The lowest BCUT2D eigenvalue weighted by atomic mass is 10.3. The first-order chi connectivity index (χ1) is 7.83. The predicted molar refractivity (Wildman–Crippen MR) is 69.5 cm³/mol. The highest BCUT2D eigenvalue weighted by molar-refractivity contribution is 9.10. The second-order valence-corrected chi connectivity index (χ2v) is 6.44. The number of sulfonamides is 1. The molecule has 0 spiro atoms. The molecule has 17 heavy (non-hydrogen) atoms. The summed E-state index contributed by atoms with van der Waals surface area (Å²) in [4.78, 5) is 2.01. The van der Waals surface area contributed by atoms with Crippen LogP contribution >= 0.6 is 15.9 Å². The van der Waals surface area contributed by atoms with E-state index in [1.807, 2.05) is 19.0 Å². The van der Waals surface area contributed by atoms with Crippen LogP contribution in [0.25, 0.3) is 0 Å². The second-order valence-electron chi connectivity index (χ2n) is 3.81. The molecule has 0 aliphatic carbocycles. The molecule has 0 aromatic heterocycles. The molecule has 0 fully saturated rings. The smallest absolute Gasteiger partial charge is 0.240 e. The molecular weight excluding hydrogens is 308 g/mol. The fourth-order valence-electron chi connectivity index (χ4n) is 1.14. The number of hydrogen-bond acceptors (Lipinski definition) is 4. The number of likely N-dealkylation sites (N-methyl/N-ethyl adjacent to an activating group) is 1. The number of phenols is 1. The van der Waals surface area contributed by atoms with Crippen molar-refractivity contribution in [3.63, 3.8) is 0 Å². The SMILES string of the molecule is CN(C)CCNS(=O)(=O)c1ccc(O)c(Br)c1. The van der Waals surface area contributed by atoms with Crippen LogP contribution in [0.4, 0.5) is 0 Å². The Hall–Kier alpha value is -0.630. The van der Waals surface area contributed by atoms with Gasteiger partial charge < -0.3 is 10.0 Å². The van der Waals surface area contributed by atoms with Crippen LogP contribution in [0.2, 0.25) is 0 Å². The molecule has 0 saturated carbocycles. The van der Waals surface area contributed by atoms with Crippen molar-refractivity contribution in [1.82, 2.24) is 9.62 Å². The van der Waals surface area contributed by atoms with E-state index in [1.54, 1.807) is 0 Å². The van der Waals surface area contributed by atoms with E-state index in [-0.39, 0.29) is 10.6 Å². The zero-order chi connectivity index (χ0) is 13.1. The van der Waals surface area contributed by atoms with Gasteiger partial charge in [-0.3, -0.25) is 0 Å². The van der Waals surface area contributed by atoms with Gasteiger partial charge in [0, 0.05) is 13.1 Å². The van der Waals surface area contributed by atoms with Gasteiger partial charge in [0.1, 0.15) is 5.75 Å². The Labute approximate surface area is 110 Å². The molecule has 2 N–H and O–H groups in total. The number of aromatic hydroxyl groups is 1. The van der Waals surface area contributed by atoms with Crippen molar-refractivity contribution in [3.8, 4) is 5.75 Å². The van der Waals surface area contributed by atoms with Gasteiger partial charge in [0.25, 0.3) is 0 Å². The molecule has 0 atom stereocenters. The average molecular weight is 323 g/mol. The highest BCUT2D eigenvalue weighted by atomic mass is 79.9. The summed E-state index contributed by atoms with van der Waals surface area (Å²) in [5.41, 5.74) is 0. The third-order valence-electron chi connectivity index (χ3n) is 2.08. The summed E-state index contributed by atoms with van der Waals surface area (Å²) in [6, 6.07) is 4.07. The molecule has 0 bridgehead atoms. The van der Waals surface area contributed by atoms with E-state index in [2.05, 4.69) is 20.7 Å². The van der Waals surface area contributed by atoms with E-state index in [9.17, 15) is 13.5 Å². The van der Waals surface area contributed by atoms with Crippen molar-refractivity contribution < 1.29 is 13.5 Å². The standard InChI is InChI=1S/C10H15BrN2O3S/c1-13(2)6-5-12-17(15,16)8-3-4-10(14)9(11)7-8/h3-4,7,12,14H,5-6H2,1-2H3. The van der Waals surface area contributed by atoms with Crippen molar-refractivity contribution in [2.24, 2.45) is 0 Å². The first-order valence-electron chi connectivity index (χ1n) is 4.96. The highest BCUT2D eigenvalue weighted by Gasteiger charge is 2.14. The minimum atomic E-state index is -3.51. The molecule has 96 valence electrons. The van der Waals surface area contributed by atoms with Gasteiger partial charge in [-0.1, -0.05) is 0 Å². The van der Waals surface area contributed by atoms with E-state index < -0.39 is 10.0 Å². The van der Waals surface area contributed by atoms with Crippen LogP contribution < -0.4 is 4.72 Å². The molecule has 0 aliphatic heterocycles. The van der Waals surface area contributed by atoms with Crippen LogP contribution in [0.5, 0.6) is 5.75 Å². The maximum atomic E-state index is 11.8. The van der Waals surface area contributed by atoms with E-state index in [4.69, 9.17) is 0 Å². The first kappa shape index (κ1) is 14.4. The van der Waals surface area contributed by atoms with Gasteiger partial charge in [-0.25, -0.2) is 13.1 Å². The van der Waals surface area contributed by atoms with E-state index in [0.29, 0.717) is 17.6 Å². The van der Waals surface area contributed by atoms with Crippen molar-refractivity contribution in [2.45, 2.75) is 4.90 Å². The topological polar surface area (TPSA) is 69.6 Å². The first-order valence-corrected chi connectivity index (χ1v) is 7.23. The van der Waals surface area contributed by atoms with Crippen molar-refractivity contribution in [1.29, 1.82) is 0 Å². The zero-order valence-corrected chi connectivity index (χ0v) is 12.0. The van der Waals surface area contributed by atoms with Gasteiger partial charge in [0.15, 0.2) is 0 Å². The lowest BCUT2D eigenvalue weighted by Crippen LogP contribution is -2.31. The summed E-state index contributed by atoms with van der Waals surface area (Å²) in [5.74, 6) is 0.0113. The largest absolute Gasteiger partial charge is 0.507 e. The van der Waals surface area contributed by atoms with Crippen LogP contribution in [0.15, 0.2) is 27.6 Å². The molecule has 7 heteroatoms. The van der Waals surface area contributed by atoms with E-state index in [1.165, 1.54) is 18.2 Å². The Balaban J connectivity index is 2.79. The molecule has 1 aromatic rings. The third-order valence-corrected chi connectivity index (χ3v) is 4.17. The lowest BCUT2D eigenvalue weighted by molar-refractivity contribution is 0.412. The summed E-state index contributed by atoms with van der Waals surface area (Å²) in [6.45, 7) is 0.965. The third kappa shape index (κ3) is 4.27. The van der Waals surface area contributed by atoms with Crippen LogP contribution in [-0.4, -0.2) is 45.6 Å². The molecule has 0 radical (unpaired) electrons. The van der Waals surface area contributed by atoms with E-state index >= 15 is 0 Å². The zero-order valence-electron chi connectivity index (χ0n) is 9.64. The highest BCUT2D eigenvalue weighted by Crippen LogP contribution is 2.26. The molecule has 0 amide bonds. The Morgan fingerprint density at radius 2 is 2.06 bits per heavy atom. The molecule has 1 rings (SSSR count). The number of halogens is 1. The molecule has 0 heterocycles. The number of rotatable bonds is 5. The Morgan fingerprint density at radius 3 is 2.59 bits per heavy atom. The number of hydrogen-bond donors (Lipinski definition) is 2. The van der Waals surface area contributed by atoms with Gasteiger partial charge in [0.2, 0.25) is 10.0 Å². The van der Waals surface area contributed by atoms with Crippen LogP contribution in [0.3, 0.4) is 0 Å². The summed E-state index contributed by atoms with van der Waals surface area (Å²) in [6.07, 6.45) is 0. The van der Waals surface area contributed by atoms with Crippen LogP contribution in [0.1, 0.15) is 0 Å². The van der Waals surface area contributed by atoms with Gasteiger partial charge >= 0.3 is 0 Å². The lowest BCUT2D eigenvalue weighted by Gasteiger charge is -2.11. The monoisotopic (exact) mass is 322 g/mol. The van der Waals surface area contributed by atoms with Crippen molar-refractivity contribution in [2.75, 3.05) is 27.2 Å². The van der Waals surface area contributed by atoms with Gasteiger partial charge in [-0.15, -0.1) is 0 Å². The molecule has 0 saturated heterocycles. The molecule has 0 aliphatic rings. The molecule has 1 aromatic carbocycles. The van der Waals surface area contributed by atoms with Crippen LogP contribution in [-0.2, 0) is 10.0 Å². The fourth-order valence-corrected chi connectivity index (χ4v) is 2.72. The average Bonchev–Trinajstić information content (AvgIpc) is 2.21. The Bertz CT molecular complexity index is 488. The maximum Gasteiger partial charge on any atom is 0.240 e. The van der Waals surface area contributed by atoms with Crippen LogP contribution in [0, 0.1) is 0 Å². The van der Waals surface area contributed by atoms with Gasteiger partial charge in [-0.2, -0.15) is 0 Å². The number of nitrogens with one attached hydrogen (secondary N) is 1. The summed E-state index contributed by atoms with van der Waals surface area (Å²) in [7, 11) is 0.220. The summed E-state index contributed by atoms with van der Waals surface area (Å²) in [5, 5.41) is 9.29. The molecular formula is C10H15BrN2O3S. The number of benzene rings is 1. The second kappa shape index (κ2) is 5.81. The quantitative estimate of drug-likeness (QED) is 0.848. The number of phenolic OH excluding ortho intramolecular Hbond substituents is 1. The fraction of sp³-hybridized carbons (Fsp3) is 0.400. The maximum absolute atomic E-state index is 11.8. The summed E-state index contributed by atoms with van der Waals surface area (Å²) >= 11 is 3.08. The van der Waals surface area contributed by atoms with Gasteiger partial charge in [0.05, 0.1) is 9.37 Å². The van der Waals surface area contributed by atoms with E-state index in [0.717, 1.165) is 0 Å². The van der Waals surface area contributed by atoms with Crippen molar-refractivity contribution in [3.05, 3.63) is 22.7 Å². The minimum Gasteiger partial charge on any atom is -0.507 e. The minimum absolute atomic E-state index is 0.0113. The summed E-state index contributed by atoms with van der Waals surface area (Å²) < 4.78 is 26.5. The van der Waals surface area contributed by atoms with Crippen molar-refractivity contribution >= 4 is 26.0 Å².